The van der Waals surface area contributed by atoms with Gasteiger partial charge in [0.2, 0.25) is 5.89 Å². The molecule has 0 amide bonds. The number of oxazole rings is 1. The van der Waals surface area contributed by atoms with Gasteiger partial charge in [-0.2, -0.15) is 0 Å². The Hall–Kier alpha value is -1.13. The van der Waals surface area contributed by atoms with Gasteiger partial charge in [0.05, 0.1) is 12.2 Å². The summed E-state index contributed by atoms with van der Waals surface area (Å²) < 4.78 is 5.67. The van der Waals surface area contributed by atoms with Crippen LogP contribution in [0.3, 0.4) is 0 Å². The molecule has 0 radical (unpaired) electrons. The van der Waals surface area contributed by atoms with E-state index in [1.807, 2.05) is 25.2 Å². The van der Waals surface area contributed by atoms with Crippen molar-refractivity contribution in [2.75, 3.05) is 0 Å². The third kappa shape index (κ3) is 2.96. The molecule has 1 aliphatic carbocycles. The van der Waals surface area contributed by atoms with Crippen LogP contribution in [0.2, 0.25) is 0 Å². The number of hydrogen-bond donors (Lipinski definition) is 1. The summed E-state index contributed by atoms with van der Waals surface area (Å²) in [4.78, 5) is 5.91. The molecule has 20 heavy (non-hydrogen) atoms. The summed E-state index contributed by atoms with van der Waals surface area (Å²) >= 11 is 1.85. The number of aryl methyl sites for hydroxylation is 2. The first kappa shape index (κ1) is 13.8. The smallest absolute Gasteiger partial charge is 0.208 e. The summed E-state index contributed by atoms with van der Waals surface area (Å²) in [6, 6.07) is 4.83. The molecule has 1 saturated carbocycles. The highest BCUT2D eigenvalue weighted by Crippen LogP contribution is 2.37. The van der Waals surface area contributed by atoms with E-state index in [2.05, 4.69) is 27.8 Å². The lowest BCUT2D eigenvalue weighted by molar-refractivity contribution is 0.347. The second-order valence-corrected chi connectivity index (χ2v) is 6.65. The molecule has 3 rings (SSSR count). The Morgan fingerprint density at radius 2 is 2.20 bits per heavy atom. The number of aromatic nitrogens is 1. The third-order valence-electron chi connectivity index (χ3n) is 4.27. The number of rotatable bonds is 5. The van der Waals surface area contributed by atoms with Gasteiger partial charge in [-0.25, -0.2) is 4.98 Å². The first-order valence-electron chi connectivity index (χ1n) is 7.43. The van der Waals surface area contributed by atoms with Crippen LogP contribution >= 0.6 is 11.3 Å². The van der Waals surface area contributed by atoms with Crippen molar-refractivity contribution in [1.82, 2.24) is 10.3 Å². The van der Waals surface area contributed by atoms with Gasteiger partial charge in [0.25, 0.3) is 0 Å². The molecule has 0 aromatic carbocycles. The van der Waals surface area contributed by atoms with Crippen LogP contribution < -0.4 is 5.32 Å². The predicted molar refractivity (Wildman–Crippen MR) is 81.8 cm³/mol. The van der Waals surface area contributed by atoms with Crippen molar-refractivity contribution in [3.63, 3.8) is 0 Å². The highest BCUT2D eigenvalue weighted by atomic mass is 32.1. The summed E-state index contributed by atoms with van der Waals surface area (Å²) in [5.74, 6) is 2.49. The molecule has 2 heterocycles. The van der Waals surface area contributed by atoms with Gasteiger partial charge in [-0.05, 0) is 44.1 Å². The fraction of sp³-hybridized carbons (Fsp3) is 0.562. The minimum Gasteiger partial charge on any atom is -0.444 e. The van der Waals surface area contributed by atoms with Crippen LogP contribution in [0.25, 0.3) is 0 Å². The van der Waals surface area contributed by atoms with Crippen molar-refractivity contribution in [2.45, 2.75) is 52.1 Å². The first-order valence-corrected chi connectivity index (χ1v) is 8.31. The SMILES string of the molecule is Cc1nc(CNC(c2cccs2)C2CCCC2)oc1C. The lowest BCUT2D eigenvalue weighted by Crippen LogP contribution is -2.26. The van der Waals surface area contributed by atoms with Crippen LogP contribution in [0, 0.1) is 19.8 Å². The molecule has 0 saturated heterocycles. The van der Waals surface area contributed by atoms with E-state index < -0.39 is 0 Å². The number of thiophene rings is 1. The van der Waals surface area contributed by atoms with Crippen LogP contribution in [-0.2, 0) is 6.54 Å². The molecule has 0 spiro atoms. The van der Waals surface area contributed by atoms with Gasteiger partial charge in [0, 0.05) is 10.9 Å². The van der Waals surface area contributed by atoms with E-state index >= 15 is 0 Å². The zero-order chi connectivity index (χ0) is 13.9. The minimum absolute atomic E-state index is 0.449. The number of nitrogens with one attached hydrogen (secondary N) is 1. The summed E-state index contributed by atoms with van der Waals surface area (Å²) in [7, 11) is 0. The van der Waals surface area contributed by atoms with Crippen LogP contribution in [0.15, 0.2) is 21.9 Å². The Kier molecular flexibility index (Phi) is 4.22. The highest BCUT2D eigenvalue weighted by molar-refractivity contribution is 7.10. The van der Waals surface area contributed by atoms with Gasteiger partial charge in [-0.15, -0.1) is 11.3 Å². The van der Waals surface area contributed by atoms with Crippen molar-refractivity contribution in [3.8, 4) is 0 Å². The Morgan fingerprint density at radius 3 is 2.80 bits per heavy atom. The fourth-order valence-electron chi connectivity index (χ4n) is 3.07. The zero-order valence-corrected chi connectivity index (χ0v) is 13.0. The molecule has 2 aromatic heterocycles. The molecular formula is C16H22N2OS. The molecule has 108 valence electrons. The predicted octanol–water partition coefficient (Wildman–Crippen LogP) is 4.37. The van der Waals surface area contributed by atoms with Crippen molar-refractivity contribution < 1.29 is 4.42 Å². The van der Waals surface area contributed by atoms with E-state index in [9.17, 15) is 0 Å². The molecule has 4 heteroatoms. The second kappa shape index (κ2) is 6.10. The van der Waals surface area contributed by atoms with Crippen molar-refractivity contribution in [1.29, 1.82) is 0 Å². The molecular weight excluding hydrogens is 268 g/mol. The molecule has 3 nitrogen and oxygen atoms in total. The van der Waals surface area contributed by atoms with Gasteiger partial charge in [-0.3, -0.25) is 0 Å². The van der Waals surface area contributed by atoms with E-state index in [4.69, 9.17) is 4.42 Å². The van der Waals surface area contributed by atoms with Crippen molar-refractivity contribution in [3.05, 3.63) is 39.7 Å². The maximum Gasteiger partial charge on any atom is 0.208 e. The Labute approximate surface area is 124 Å². The van der Waals surface area contributed by atoms with Gasteiger partial charge < -0.3 is 9.73 Å². The van der Waals surface area contributed by atoms with Gasteiger partial charge in [-0.1, -0.05) is 18.9 Å². The van der Waals surface area contributed by atoms with Crippen LogP contribution in [-0.4, -0.2) is 4.98 Å². The monoisotopic (exact) mass is 290 g/mol. The standard InChI is InChI=1S/C16H22N2OS/c1-11-12(2)19-15(18-11)10-17-16(13-6-3-4-7-13)14-8-5-9-20-14/h5,8-9,13,16-17H,3-4,6-7,10H2,1-2H3. The topological polar surface area (TPSA) is 38.1 Å². The number of hydrogen-bond acceptors (Lipinski definition) is 4. The average Bonchev–Trinajstić information content (AvgIpc) is 3.15. The fourth-order valence-corrected chi connectivity index (χ4v) is 3.96. The van der Waals surface area contributed by atoms with Gasteiger partial charge in [0.1, 0.15) is 5.76 Å². The Balaban J connectivity index is 1.70. The lowest BCUT2D eigenvalue weighted by Gasteiger charge is -2.23. The molecule has 1 atom stereocenters. The molecule has 1 N–H and O–H groups in total. The summed E-state index contributed by atoms with van der Waals surface area (Å²) in [6.07, 6.45) is 5.40. The molecule has 1 aliphatic rings. The van der Waals surface area contributed by atoms with E-state index in [1.54, 1.807) is 0 Å². The van der Waals surface area contributed by atoms with E-state index in [0.717, 1.165) is 23.3 Å². The van der Waals surface area contributed by atoms with Crippen molar-refractivity contribution in [2.24, 2.45) is 5.92 Å². The summed E-state index contributed by atoms with van der Waals surface area (Å²) in [5.41, 5.74) is 0.996. The largest absolute Gasteiger partial charge is 0.444 e. The average molecular weight is 290 g/mol. The van der Waals surface area contributed by atoms with Gasteiger partial charge in [0.15, 0.2) is 0 Å². The Bertz CT molecular complexity index is 521. The first-order chi connectivity index (χ1) is 9.74. The lowest BCUT2D eigenvalue weighted by atomic mass is 9.97. The maximum absolute atomic E-state index is 5.67. The summed E-state index contributed by atoms with van der Waals surface area (Å²) in [5, 5.41) is 5.84. The van der Waals surface area contributed by atoms with E-state index in [1.165, 1.54) is 30.6 Å². The molecule has 2 aromatic rings. The Morgan fingerprint density at radius 1 is 1.40 bits per heavy atom. The van der Waals surface area contributed by atoms with E-state index in [-0.39, 0.29) is 0 Å². The highest BCUT2D eigenvalue weighted by Gasteiger charge is 2.27. The quantitative estimate of drug-likeness (QED) is 0.888. The molecule has 0 aliphatic heterocycles. The molecule has 0 bridgehead atoms. The van der Waals surface area contributed by atoms with Crippen LogP contribution in [0.1, 0.15) is 53.9 Å². The van der Waals surface area contributed by atoms with Gasteiger partial charge >= 0.3 is 0 Å². The zero-order valence-electron chi connectivity index (χ0n) is 12.2. The molecule has 1 fully saturated rings. The minimum atomic E-state index is 0.449. The number of nitrogens with zero attached hydrogens (tertiary/aromatic N) is 1. The maximum atomic E-state index is 5.67. The van der Waals surface area contributed by atoms with Crippen LogP contribution in [0.4, 0.5) is 0 Å². The van der Waals surface area contributed by atoms with E-state index in [0.29, 0.717) is 12.6 Å². The molecule has 1 unspecified atom stereocenters. The second-order valence-electron chi connectivity index (χ2n) is 5.67. The summed E-state index contributed by atoms with van der Waals surface area (Å²) in [6.45, 7) is 4.68. The van der Waals surface area contributed by atoms with Crippen molar-refractivity contribution >= 4 is 11.3 Å². The van der Waals surface area contributed by atoms with Crippen LogP contribution in [0.5, 0.6) is 0 Å². The normalized spacial score (nSPS) is 17.7. The third-order valence-corrected chi connectivity index (χ3v) is 5.22.